The monoisotopic (exact) mass is 510 g/mol. The molecule has 2 aromatic heterocycles. The summed E-state index contributed by atoms with van der Waals surface area (Å²) in [7, 11) is -4.81. The Balaban J connectivity index is 1.49. The third-order valence-corrected chi connectivity index (χ3v) is 5.83. The molecule has 0 radical (unpaired) electrons. The second-order valence-corrected chi connectivity index (χ2v) is 9.08. The van der Waals surface area contributed by atoms with Crippen molar-refractivity contribution < 1.29 is 43.7 Å². The van der Waals surface area contributed by atoms with Crippen LogP contribution in [0.2, 0.25) is 0 Å². The molecule has 0 saturated carbocycles. The summed E-state index contributed by atoms with van der Waals surface area (Å²) in [6, 6.07) is 5.33. The summed E-state index contributed by atoms with van der Waals surface area (Å²) in [4.78, 5) is 42.6. The van der Waals surface area contributed by atoms with E-state index < -0.39 is 50.9 Å². The first-order valence-corrected chi connectivity index (χ1v) is 11.8. The lowest BCUT2D eigenvalue weighted by molar-refractivity contribution is -0.117. The Morgan fingerprint density at radius 1 is 1.20 bits per heavy atom. The van der Waals surface area contributed by atoms with Gasteiger partial charge in [0.1, 0.15) is 30.4 Å². The van der Waals surface area contributed by atoms with E-state index in [0.717, 1.165) is 11.9 Å². The van der Waals surface area contributed by atoms with Gasteiger partial charge in [0, 0.05) is 0 Å². The second-order valence-electron chi connectivity index (χ2n) is 7.85. The van der Waals surface area contributed by atoms with Crippen molar-refractivity contribution in [3.05, 3.63) is 42.5 Å². The average molecular weight is 510 g/mol. The number of anilines is 1. The highest BCUT2D eigenvalue weighted by Crippen LogP contribution is 2.39. The number of phenolic OH excluding ortho intramolecular Hbond substituents is 1. The Morgan fingerprint density at radius 2 is 1.91 bits per heavy atom. The number of aliphatic hydroxyl groups is 2. The first-order chi connectivity index (χ1) is 16.5. The van der Waals surface area contributed by atoms with Crippen molar-refractivity contribution in [1.29, 1.82) is 0 Å². The number of ether oxygens (including phenoxy) is 1. The van der Waals surface area contributed by atoms with Crippen LogP contribution in [0.15, 0.2) is 36.9 Å². The minimum Gasteiger partial charge on any atom is -0.508 e. The topological polar surface area (TPSA) is 235 Å². The Morgan fingerprint density at radius 3 is 2.60 bits per heavy atom. The molecule has 1 aliphatic rings. The predicted octanol–water partition coefficient (Wildman–Crippen LogP) is -1.23. The number of phenols is 1. The third kappa shape index (κ3) is 5.63. The predicted molar refractivity (Wildman–Crippen MR) is 118 cm³/mol. The molecule has 1 amide bonds. The van der Waals surface area contributed by atoms with Crippen LogP contribution in [0.3, 0.4) is 0 Å². The van der Waals surface area contributed by atoms with Crippen LogP contribution in [0.1, 0.15) is 11.8 Å². The van der Waals surface area contributed by atoms with E-state index in [2.05, 4.69) is 24.8 Å². The van der Waals surface area contributed by atoms with Crippen LogP contribution in [0.5, 0.6) is 5.75 Å². The van der Waals surface area contributed by atoms with Crippen LogP contribution in [0.4, 0.5) is 5.82 Å². The number of rotatable bonds is 8. The van der Waals surface area contributed by atoms with Gasteiger partial charge in [-0.3, -0.25) is 13.9 Å². The number of nitrogens with zero attached hydrogens (tertiary/aromatic N) is 4. The molecule has 0 bridgehead atoms. The van der Waals surface area contributed by atoms with E-state index in [1.807, 2.05) is 0 Å². The summed E-state index contributed by atoms with van der Waals surface area (Å²) in [6.07, 6.45) is -2.86. The summed E-state index contributed by atoms with van der Waals surface area (Å²) in [5.74, 6) is -0.403. The number of aromatic nitrogens is 4. The maximum absolute atomic E-state index is 12.6. The van der Waals surface area contributed by atoms with Gasteiger partial charge in [0.05, 0.1) is 19.0 Å². The standard InChI is InChI=1S/C19H23N6O9P/c20-11(5-9-1-3-10(26)4-2-9)18(29)24-16-13-17(22-7-21-16)25(8-23-13)19-15(28)14(27)12(34-19)6-33-35(30,31)32/h1-4,7-8,11-12,14-15,19,26-28H,5-6,20H2,(H2,30,31,32)(H,21,22,24,29)/t11-,12+,14+,15+,19+/m0/s1. The highest BCUT2D eigenvalue weighted by Gasteiger charge is 2.45. The third-order valence-electron chi connectivity index (χ3n) is 5.35. The van der Waals surface area contributed by atoms with Gasteiger partial charge >= 0.3 is 7.82 Å². The lowest BCUT2D eigenvalue weighted by Gasteiger charge is -2.17. The van der Waals surface area contributed by atoms with Crippen molar-refractivity contribution in [1.82, 2.24) is 19.5 Å². The molecule has 16 heteroatoms. The largest absolute Gasteiger partial charge is 0.508 e. The molecule has 1 saturated heterocycles. The Labute approximate surface area is 197 Å². The zero-order valence-corrected chi connectivity index (χ0v) is 18.8. The number of nitrogens with two attached hydrogens (primary N) is 1. The molecule has 0 aliphatic carbocycles. The number of phosphoric ester groups is 1. The number of benzene rings is 1. The molecule has 3 aromatic rings. The van der Waals surface area contributed by atoms with Crippen LogP contribution in [-0.2, 0) is 25.0 Å². The van der Waals surface area contributed by atoms with Crippen molar-refractivity contribution in [2.24, 2.45) is 5.73 Å². The van der Waals surface area contributed by atoms with Gasteiger partial charge in [0.2, 0.25) is 5.91 Å². The van der Waals surface area contributed by atoms with Gasteiger partial charge < -0.3 is 40.9 Å². The highest BCUT2D eigenvalue weighted by molar-refractivity contribution is 7.46. The van der Waals surface area contributed by atoms with Gasteiger partial charge in [-0.1, -0.05) is 12.1 Å². The van der Waals surface area contributed by atoms with Crippen LogP contribution < -0.4 is 11.1 Å². The maximum Gasteiger partial charge on any atom is 0.469 e. The zero-order valence-electron chi connectivity index (χ0n) is 17.9. The number of imidazole rings is 1. The molecule has 3 heterocycles. The molecule has 188 valence electrons. The van der Waals surface area contributed by atoms with Crippen LogP contribution in [0.25, 0.3) is 11.2 Å². The first kappa shape index (κ1) is 25.1. The number of hydrogen-bond acceptors (Lipinski definition) is 11. The second kappa shape index (κ2) is 9.93. The average Bonchev–Trinajstić information content (AvgIpc) is 3.35. The highest BCUT2D eigenvalue weighted by atomic mass is 31.2. The van der Waals surface area contributed by atoms with E-state index in [-0.39, 0.29) is 29.2 Å². The number of aromatic hydroxyl groups is 1. The van der Waals surface area contributed by atoms with Crippen molar-refractivity contribution in [3.8, 4) is 5.75 Å². The van der Waals surface area contributed by atoms with E-state index >= 15 is 0 Å². The summed E-state index contributed by atoms with van der Waals surface area (Å²) < 4.78 is 22.1. The van der Waals surface area contributed by atoms with Gasteiger partial charge in [-0.2, -0.15) is 0 Å². The lowest BCUT2D eigenvalue weighted by Crippen LogP contribution is -2.37. The molecule has 8 N–H and O–H groups in total. The van der Waals surface area contributed by atoms with Crippen LogP contribution in [-0.4, -0.2) is 81.5 Å². The van der Waals surface area contributed by atoms with Gasteiger partial charge in [-0.05, 0) is 24.1 Å². The van der Waals surface area contributed by atoms with Gasteiger partial charge in [-0.25, -0.2) is 19.5 Å². The number of nitrogens with one attached hydrogen (secondary N) is 1. The van der Waals surface area contributed by atoms with Crippen LogP contribution in [0, 0.1) is 0 Å². The number of carbonyl (C=O) groups is 1. The quantitative estimate of drug-likeness (QED) is 0.176. The van der Waals surface area contributed by atoms with Crippen LogP contribution >= 0.6 is 7.82 Å². The van der Waals surface area contributed by atoms with E-state index in [1.54, 1.807) is 12.1 Å². The Kier molecular flexibility index (Phi) is 7.12. The zero-order chi connectivity index (χ0) is 25.3. The summed E-state index contributed by atoms with van der Waals surface area (Å²) in [6.45, 7) is -0.666. The normalized spacial score (nSPS) is 23.5. The Bertz CT molecular complexity index is 1250. The van der Waals surface area contributed by atoms with Gasteiger partial charge in [0.25, 0.3) is 0 Å². The first-order valence-electron chi connectivity index (χ1n) is 10.3. The summed E-state index contributed by atoms with van der Waals surface area (Å²) >= 11 is 0. The van der Waals surface area contributed by atoms with Crippen molar-refractivity contribution in [2.45, 2.75) is 37.0 Å². The number of phosphoric acid groups is 1. The van der Waals surface area contributed by atoms with E-state index in [9.17, 15) is 24.7 Å². The number of hydrogen-bond donors (Lipinski definition) is 7. The summed E-state index contributed by atoms with van der Waals surface area (Å²) in [5, 5.41) is 32.6. The Hall–Kier alpha value is -3.01. The maximum atomic E-state index is 12.6. The molecule has 1 aromatic carbocycles. The molecular formula is C19H23N6O9P. The van der Waals surface area contributed by atoms with E-state index in [4.69, 9.17) is 20.3 Å². The minimum absolute atomic E-state index is 0.0503. The fourth-order valence-electron chi connectivity index (χ4n) is 3.58. The molecule has 5 atom stereocenters. The molecular weight excluding hydrogens is 487 g/mol. The van der Waals surface area contributed by atoms with E-state index in [0.29, 0.717) is 0 Å². The summed E-state index contributed by atoms with van der Waals surface area (Å²) in [5.41, 5.74) is 7.04. The minimum atomic E-state index is -4.81. The van der Waals surface area contributed by atoms with Crippen molar-refractivity contribution in [3.63, 3.8) is 0 Å². The van der Waals surface area contributed by atoms with Crippen molar-refractivity contribution in [2.75, 3.05) is 11.9 Å². The smallest absolute Gasteiger partial charge is 0.469 e. The molecule has 0 unspecified atom stereocenters. The number of aliphatic hydroxyl groups excluding tert-OH is 2. The van der Waals surface area contributed by atoms with Gasteiger partial charge in [0.15, 0.2) is 23.2 Å². The SMILES string of the molecule is N[C@@H](Cc1ccc(O)cc1)C(=O)Nc1ncnc2c1ncn2[C@@H]1O[C@H](COP(=O)(O)O)[C@@H](O)[C@H]1O. The molecule has 1 aliphatic heterocycles. The fourth-order valence-corrected chi connectivity index (χ4v) is 3.93. The molecule has 15 nitrogen and oxygen atoms in total. The molecule has 1 fully saturated rings. The van der Waals surface area contributed by atoms with Gasteiger partial charge in [-0.15, -0.1) is 0 Å². The number of carbonyl (C=O) groups excluding carboxylic acids is 1. The molecule has 0 spiro atoms. The molecule has 4 rings (SSSR count). The van der Waals surface area contributed by atoms with Crippen molar-refractivity contribution >= 4 is 30.7 Å². The number of amides is 1. The van der Waals surface area contributed by atoms with E-state index in [1.165, 1.54) is 23.0 Å². The number of fused-ring (bicyclic) bond motifs is 1. The lowest BCUT2D eigenvalue weighted by atomic mass is 10.1. The fraction of sp³-hybridized carbons (Fsp3) is 0.368. The molecule has 35 heavy (non-hydrogen) atoms.